The van der Waals surface area contributed by atoms with Crippen LogP contribution in [0.1, 0.15) is 16.8 Å². The fourth-order valence-electron chi connectivity index (χ4n) is 2.01. The first-order chi connectivity index (χ1) is 9.08. The molecule has 0 saturated carbocycles. The maximum atomic E-state index is 13.4. The maximum Gasteiger partial charge on any atom is 0.257 e. The number of benzene rings is 1. The van der Waals surface area contributed by atoms with Gasteiger partial charge in [-0.2, -0.15) is 11.8 Å². The van der Waals surface area contributed by atoms with Crippen molar-refractivity contribution in [3.8, 4) is 0 Å². The van der Waals surface area contributed by atoms with Crippen LogP contribution in [0.5, 0.6) is 0 Å². The highest BCUT2D eigenvalue weighted by Gasteiger charge is 2.35. The Morgan fingerprint density at radius 2 is 2.16 bits per heavy atom. The molecule has 1 saturated heterocycles. The molecule has 2 rings (SSSR count). The van der Waals surface area contributed by atoms with Crippen molar-refractivity contribution in [2.24, 2.45) is 0 Å². The lowest BCUT2D eigenvalue weighted by atomic mass is 10.0. The first-order valence-electron chi connectivity index (χ1n) is 5.93. The maximum absolute atomic E-state index is 13.4. The number of ether oxygens (including phenoxy) is 1. The summed E-state index contributed by atoms with van der Waals surface area (Å²) in [6.07, 6.45) is 0.814. The van der Waals surface area contributed by atoms with E-state index in [-0.39, 0.29) is 6.54 Å². The molecule has 1 aromatic carbocycles. The predicted molar refractivity (Wildman–Crippen MR) is 70.4 cm³/mol. The minimum Gasteiger partial charge on any atom is -0.376 e. The molecule has 0 bridgehead atoms. The van der Waals surface area contributed by atoms with E-state index in [2.05, 4.69) is 5.32 Å². The van der Waals surface area contributed by atoms with Crippen LogP contribution in [0.3, 0.4) is 0 Å². The molecule has 1 heterocycles. The van der Waals surface area contributed by atoms with E-state index in [1.807, 2.05) is 0 Å². The lowest BCUT2D eigenvalue weighted by molar-refractivity contribution is 0.0136. The van der Waals surface area contributed by atoms with Gasteiger partial charge in [-0.3, -0.25) is 4.79 Å². The van der Waals surface area contributed by atoms with Gasteiger partial charge in [0.05, 0.1) is 5.60 Å². The Morgan fingerprint density at radius 3 is 2.68 bits per heavy atom. The van der Waals surface area contributed by atoms with Gasteiger partial charge in [-0.25, -0.2) is 8.78 Å². The second kappa shape index (κ2) is 5.88. The summed E-state index contributed by atoms with van der Waals surface area (Å²) < 4.78 is 32.3. The normalized spacial score (nSPS) is 22.5. The largest absolute Gasteiger partial charge is 0.376 e. The summed E-state index contributed by atoms with van der Waals surface area (Å²) in [6, 6.07) is 3.36. The van der Waals surface area contributed by atoms with Gasteiger partial charge in [-0.15, -0.1) is 0 Å². The molecule has 1 amide bonds. The van der Waals surface area contributed by atoms with Crippen LogP contribution in [0.2, 0.25) is 0 Å². The smallest absolute Gasteiger partial charge is 0.257 e. The molecule has 1 N–H and O–H groups in total. The molecule has 1 fully saturated rings. The zero-order chi connectivity index (χ0) is 13.9. The van der Waals surface area contributed by atoms with E-state index in [0.29, 0.717) is 0 Å². The van der Waals surface area contributed by atoms with Crippen LogP contribution in [-0.2, 0) is 4.74 Å². The number of hydrogen-bond donors (Lipinski definition) is 1. The zero-order valence-corrected chi connectivity index (χ0v) is 11.4. The topological polar surface area (TPSA) is 38.3 Å². The summed E-state index contributed by atoms with van der Waals surface area (Å²) in [5, 5.41) is 2.56. The van der Waals surface area contributed by atoms with E-state index in [1.165, 1.54) is 6.07 Å². The number of thioether (sulfide) groups is 1. The number of carbonyl (C=O) groups is 1. The summed E-state index contributed by atoms with van der Waals surface area (Å²) in [5.41, 5.74) is -0.971. The Balaban J connectivity index is 2.05. The second-order valence-corrected chi connectivity index (χ2v) is 5.57. The molecule has 6 heteroatoms. The Labute approximate surface area is 114 Å². The SMILES string of the molecule is COC1(CNC(=O)c2c(F)cccc2F)CCSC1. The highest BCUT2D eigenvalue weighted by atomic mass is 32.2. The van der Waals surface area contributed by atoms with Crippen LogP contribution in [0.25, 0.3) is 0 Å². The Kier molecular flexibility index (Phi) is 4.42. The molecule has 104 valence electrons. The number of rotatable bonds is 4. The molecule has 19 heavy (non-hydrogen) atoms. The predicted octanol–water partition coefficient (Wildman–Crippen LogP) is 2.22. The third-order valence-electron chi connectivity index (χ3n) is 3.26. The number of amides is 1. The van der Waals surface area contributed by atoms with Crippen molar-refractivity contribution in [3.05, 3.63) is 35.4 Å². The van der Waals surface area contributed by atoms with Gasteiger partial charge in [0.1, 0.15) is 17.2 Å². The molecule has 1 atom stereocenters. The van der Waals surface area contributed by atoms with E-state index >= 15 is 0 Å². The molecule has 3 nitrogen and oxygen atoms in total. The Morgan fingerprint density at radius 1 is 1.47 bits per heavy atom. The fraction of sp³-hybridized carbons (Fsp3) is 0.462. The minimum absolute atomic E-state index is 0.253. The summed E-state index contributed by atoms with van der Waals surface area (Å²) in [4.78, 5) is 11.8. The van der Waals surface area contributed by atoms with Gasteiger partial charge in [-0.1, -0.05) is 6.07 Å². The molecule has 1 aliphatic heterocycles. The first-order valence-corrected chi connectivity index (χ1v) is 7.08. The average Bonchev–Trinajstić information content (AvgIpc) is 2.86. The van der Waals surface area contributed by atoms with Crippen molar-refractivity contribution in [2.45, 2.75) is 12.0 Å². The van der Waals surface area contributed by atoms with Crippen molar-refractivity contribution in [1.29, 1.82) is 0 Å². The van der Waals surface area contributed by atoms with Crippen molar-refractivity contribution < 1.29 is 18.3 Å². The van der Waals surface area contributed by atoms with Crippen LogP contribution >= 0.6 is 11.8 Å². The summed E-state index contributed by atoms with van der Waals surface area (Å²) in [6.45, 7) is 0.253. The lowest BCUT2D eigenvalue weighted by Crippen LogP contribution is -2.44. The van der Waals surface area contributed by atoms with Gasteiger partial charge in [0.2, 0.25) is 0 Å². The molecule has 0 aliphatic carbocycles. The molecular weight excluding hydrogens is 272 g/mol. The van der Waals surface area contributed by atoms with Gasteiger partial charge >= 0.3 is 0 Å². The monoisotopic (exact) mass is 287 g/mol. The van der Waals surface area contributed by atoms with Crippen molar-refractivity contribution >= 4 is 17.7 Å². The molecule has 0 spiro atoms. The van der Waals surface area contributed by atoms with Crippen LogP contribution < -0.4 is 5.32 Å². The average molecular weight is 287 g/mol. The second-order valence-electron chi connectivity index (χ2n) is 4.47. The van der Waals surface area contributed by atoms with Crippen LogP contribution in [0.4, 0.5) is 8.78 Å². The third kappa shape index (κ3) is 3.06. The van der Waals surface area contributed by atoms with Gasteiger partial charge in [0.25, 0.3) is 5.91 Å². The summed E-state index contributed by atoms with van der Waals surface area (Å²) >= 11 is 1.73. The van der Waals surface area contributed by atoms with E-state index in [9.17, 15) is 13.6 Å². The molecule has 1 aliphatic rings. The van der Waals surface area contributed by atoms with Crippen LogP contribution in [0, 0.1) is 11.6 Å². The third-order valence-corrected chi connectivity index (χ3v) is 4.48. The summed E-state index contributed by atoms with van der Waals surface area (Å²) in [5.74, 6) is -0.736. The standard InChI is InChI=1S/C13H15F2NO2S/c1-18-13(5-6-19-8-13)7-16-12(17)11-9(14)3-2-4-10(11)15/h2-4H,5-8H2,1H3,(H,16,17). The highest BCUT2D eigenvalue weighted by Crippen LogP contribution is 2.30. The van der Waals surface area contributed by atoms with E-state index in [4.69, 9.17) is 4.74 Å². The van der Waals surface area contributed by atoms with Crippen molar-refractivity contribution in [1.82, 2.24) is 5.32 Å². The highest BCUT2D eigenvalue weighted by molar-refractivity contribution is 7.99. The zero-order valence-electron chi connectivity index (χ0n) is 10.5. The van der Waals surface area contributed by atoms with E-state index in [0.717, 1.165) is 30.1 Å². The number of methoxy groups -OCH3 is 1. The Bertz CT molecular complexity index is 455. The Hall–Kier alpha value is -1.14. The fourth-order valence-corrected chi connectivity index (χ4v) is 3.40. The van der Waals surface area contributed by atoms with Crippen LogP contribution in [0.15, 0.2) is 18.2 Å². The molecular formula is C13H15F2NO2S. The van der Waals surface area contributed by atoms with Crippen molar-refractivity contribution in [2.75, 3.05) is 25.2 Å². The summed E-state index contributed by atoms with van der Waals surface area (Å²) in [7, 11) is 1.59. The number of nitrogens with one attached hydrogen (secondary N) is 1. The van der Waals surface area contributed by atoms with Gasteiger partial charge in [-0.05, 0) is 24.3 Å². The lowest BCUT2D eigenvalue weighted by Gasteiger charge is -2.26. The van der Waals surface area contributed by atoms with Crippen molar-refractivity contribution in [3.63, 3.8) is 0 Å². The first kappa shape index (κ1) is 14.3. The quantitative estimate of drug-likeness (QED) is 0.923. The van der Waals surface area contributed by atoms with E-state index in [1.54, 1.807) is 18.9 Å². The molecule has 1 unspecified atom stereocenters. The molecule has 1 aromatic rings. The number of halogens is 2. The van der Waals surface area contributed by atoms with E-state index < -0.39 is 28.7 Å². The van der Waals surface area contributed by atoms with Gasteiger partial charge < -0.3 is 10.1 Å². The van der Waals surface area contributed by atoms with Gasteiger partial charge in [0.15, 0.2) is 0 Å². The number of hydrogen-bond acceptors (Lipinski definition) is 3. The minimum atomic E-state index is -0.857. The molecule has 0 aromatic heterocycles. The number of carbonyl (C=O) groups excluding carboxylic acids is 1. The molecule has 0 radical (unpaired) electrons. The van der Waals surface area contributed by atoms with Crippen LogP contribution in [-0.4, -0.2) is 36.7 Å². The van der Waals surface area contributed by atoms with Gasteiger partial charge in [0, 0.05) is 19.4 Å².